The van der Waals surface area contributed by atoms with Crippen molar-refractivity contribution in [3.63, 3.8) is 0 Å². The van der Waals surface area contributed by atoms with Gasteiger partial charge in [-0.05, 0) is 27.2 Å². The molecule has 2 unspecified atom stereocenters. The largest absolute Gasteiger partial charge is 0.457 e. The quantitative estimate of drug-likeness (QED) is 0.386. The Morgan fingerprint density at radius 2 is 1.88 bits per heavy atom. The van der Waals surface area contributed by atoms with Gasteiger partial charge in [0.2, 0.25) is 6.10 Å². The normalized spacial score (nSPS) is 19.1. The zero-order valence-corrected chi connectivity index (χ0v) is 14.0. The lowest BCUT2D eigenvalue weighted by Crippen LogP contribution is -2.37. The Morgan fingerprint density at radius 3 is 2.38 bits per heavy atom. The van der Waals surface area contributed by atoms with Gasteiger partial charge in [0.1, 0.15) is 11.5 Å². The molecule has 130 valence electrons. The first kappa shape index (κ1) is 17.9. The van der Waals surface area contributed by atoms with Crippen LogP contribution in [0.15, 0.2) is 30.3 Å². The minimum Gasteiger partial charge on any atom is -0.457 e. The van der Waals surface area contributed by atoms with E-state index < -0.39 is 35.5 Å². The van der Waals surface area contributed by atoms with Gasteiger partial charge in [-0.1, -0.05) is 30.3 Å². The summed E-state index contributed by atoms with van der Waals surface area (Å²) in [5, 5.41) is 0.983. The number of carbonyl (C=O) groups excluding carboxylic acids is 3. The van der Waals surface area contributed by atoms with Gasteiger partial charge in [0, 0.05) is 12.1 Å². The average molecular weight is 334 g/mol. The molecule has 2 atom stereocenters. The van der Waals surface area contributed by atoms with E-state index in [4.69, 9.17) is 15.3 Å². The highest BCUT2D eigenvalue weighted by Crippen LogP contribution is 2.25. The van der Waals surface area contributed by atoms with Crippen LogP contribution >= 0.6 is 0 Å². The molecule has 1 aliphatic rings. The summed E-state index contributed by atoms with van der Waals surface area (Å²) in [5.74, 6) is 2.54. The number of hydrogen-bond acceptors (Lipinski definition) is 6. The number of nitrogens with zero attached hydrogens (tertiary/aromatic N) is 1. The summed E-state index contributed by atoms with van der Waals surface area (Å²) in [6.07, 6.45) is -0.957. The summed E-state index contributed by atoms with van der Waals surface area (Å²) in [4.78, 5) is 36.6. The fraction of sp³-hybridized carbons (Fsp3) is 0.471. The summed E-state index contributed by atoms with van der Waals surface area (Å²) in [6.45, 7) is 5.45. The molecular formula is C17H22N2O5. The highest BCUT2D eigenvalue weighted by Gasteiger charge is 2.40. The second-order valence-electron chi connectivity index (χ2n) is 6.63. The Kier molecular flexibility index (Phi) is 5.23. The molecule has 2 rings (SSSR count). The van der Waals surface area contributed by atoms with Crippen LogP contribution in [0, 0.1) is 5.92 Å². The highest BCUT2D eigenvalue weighted by molar-refractivity contribution is 5.99. The van der Waals surface area contributed by atoms with Crippen LogP contribution < -0.4 is 5.84 Å². The van der Waals surface area contributed by atoms with Crippen molar-refractivity contribution < 1.29 is 23.9 Å². The molecule has 0 spiro atoms. The minimum absolute atomic E-state index is 0.268. The molecule has 1 aliphatic heterocycles. The standard InChI is InChI=1S/C17H22N2O5/c1-17(2,3)24-16(22)13(11-7-5-4-6-8-11)23-15(21)12-9-10-19(18)14(12)20/h4-8,12-13H,9-10,18H2,1-3H3. The molecule has 1 amide bonds. The van der Waals surface area contributed by atoms with Gasteiger partial charge in [0.05, 0.1) is 0 Å². The zero-order valence-electron chi connectivity index (χ0n) is 14.0. The second kappa shape index (κ2) is 7.00. The molecule has 0 saturated carbocycles. The van der Waals surface area contributed by atoms with Crippen LogP contribution in [0.2, 0.25) is 0 Å². The van der Waals surface area contributed by atoms with Gasteiger partial charge >= 0.3 is 11.9 Å². The number of amides is 1. The number of rotatable bonds is 4. The minimum atomic E-state index is -1.22. The van der Waals surface area contributed by atoms with Crippen molar-refractivity contribution >= 4 is 17.8 Å². The third-order valence-electron chi connectivity index (χ3n) is 3.48. The third kappa shape index (κ3) is 4.32. The molecule has 2 N–H and O–H groups in total. The monoisotopic (exact) mass is 334 g/mol. The summed E-state index contributed by atoms with van der Waals surface area (Å²) >= 11 is 0. The Hall–Kier alpha value is -2.41. The highest BCUT2D eigenvalue weighted by atomic mass is 16.6. The number of esters is 2. The molecule has 1 saturated heterocycles. The van der Waals surface area contributed by atoms with Crippen LogP contribution in [0.1, 0.15) is 38.9 Å². The first-order valence-electron chi connectivity index (χ1n) is 7.73. The fourth-order valence-electron chi connectivity index (χ4n) is 2.35. The number of carbonyl (C=O) groups is 3. The fourth-order valence-corrected chi connectivity index (χ4v) is 2.35. The first-order valence-corrected chi connectivity index (χ1v) is 7.73. The van der Waals surface area contributed by atoms with Gasteiger partial charge in [0.25, 0.3) is 5.91 Å². The van der Waals surface area contributed by atoms with Crippen LogP contribution in [0.5, 0.6) is 0 Å². The van der Waals surface area contributed by atoms with Crippen molar-refractivity contribution in [2.45, 2.75) is 38.9 Å². The number of ether oxygens (including phenoxy) is 2. The number of nitrogens with two attached hydrogens (primary N) is 1. The molecular weight excluding hydrogens is 312 g/mol. The van der Waals surface area contributed by atoms with Crippen LogP contribution in [0.3, 0.4) is 0 Å². The molecule has 1 heterocycles. The lowest BCUT2D eigenvalue weighted by atomic mass is 10.1. The van der Waals surface area contributed by atoms with Gasteiger partial charge < -0.3 is 9.47 Å². The van der Waals surface area contributed by atoms with Gasteiger partial charge in [0.15, 0.2) is 0 Å². The van der Waals surface area contributed by atoms with E-state index >= 15 is 0 Å². The SMILES string of the molecule is CC(C)(C)OC(=O)C(OC(=O)C1CCN(N)C1=O)c1ccccc1. The Balaban J connectivity index is 2.19. The lowest BCUT2D eigenvalue weighted by Gasteiger charge is -2.24. The molecule has 7 nitrogen and oxygen atoms in total. The summed E-state index contributed by atoms with van der Waals surface area (Å²) in [5.41, 5.74) is -0.247. The number of benzene rings is 1. The van der Waals surface area contributed by atoms with Crippen LogP contribution in [-0.4, -0.2) is 35.0 Å². The smallest absolute Gasteiger partial charge is 0.352 e. The Labute approximate surface area is 140 Å². The molecule has 0 bridgehead atoms. The summed E-state index contributed by atoms with van der Waals surface area (Å²) in [6, 6.07) is 8.55. The van der Waals surface area contributed by atoms with Crippen molar-refractivity contribution in [1.29, 1.82) is 0 Å². The van der Waals surface area contributed by atoms with Crippen LogP contribution in [0.4, 0.5) is 0 Å². The molecule has 1 aromatic carbocycles. The van der Waals surface area contributed by atoms with E-state index in [9.17, 15) is 14.4 Å². The van der Waals surface area contributed by atoms with E-state index in [-0.39, 0.29) is 13.0 Å². The van der Waals surface area contributed by atoms with E-state index in [1.54, 1.807) is 51.1 Å². The molecule has 0 aromatic heterocycles. The lowest BCUT2D eigenvalue weighted by molar-refractivity contribution is -0.179. The van der Waals surface area contributed by atoms with Crippen LogP contribution in [0.25, 0.3) is 0 Å². The maximum Gasteiger partial charge on any atom is 0.352 e. The molecule has 0 radical (unpaired) electrons. The summed E-state index contributed by atoms with van der Waals surface area (Å²) < 4.78 is 10.7. The van der Waals surface area contributed by atoms with Gasteiger partial charge in [-0.2, -0.15) is 0 Å². The van der Waals surface area contributed by atoms with E-state index in [1.807, 2.05) is 0 Å². The van der Waals surface area contributed by atoms with Gasteiger partial charge in [-0.3, -0.25) is 14.6 Å². The second-order valence-corrected chi connectivity index (χ2v) is 6.63. The molecule has 24 heavy (non-hydrogen) atoms. The maximum absolute atomic E-state index is 12.4. The molecule has 0 aliphatic carbocycles. The van der Waals surface area contributed by atoms with E-state index in [1.165, 1.54) is 0 Å². The van der Waals surface area contributed by atoms with Crippen LogP contribution in [-0.2, 0) is 23.9 Å². The molecule has 1 fully saturated rings. The Morgan fingerprint density at radius 1 is 1.25 bits per heavy atom. The van der Waals surface area contributed by atoms with Crippen molar-refractivity contribution in [1.82, 2.24) is 5.01 Å². The van der Waals surface area contributed by atoms with Crippen molar-refractivity contribution in [2.75, 3.05) is 6.54 Å². The van der Waals surface area contributed by atoms with E-state index in [2.05, 4.69) is 0 Å². The predicted molar refractivity (Wildman–Crippen MR) is 85.1 cm³/mol. The van der Waals surface area contributed by atoms with E-state index in [0.29, 0.717) is 5.56 Å². The number of hydrogen-bond donors (Lipinski definition) is 1. The Bertz CT molecular complexity index is 624. The van der Waals surface area contributed by atoms with E-state index in [0.717, 1.165) is 5.01 Å². The topological polar surface area (TPSA) is 98.9 Å². The maximum atomic E-state index is 12.4. The first-order chi connectivity index (χ1) is 11.2. The van der Waals surface area contributed by atoms with Crippen molar-refractivity contribution in [2.24, 2.45) is 11.8 Å². The molecule has 1 aromatic rings. The molecule has 7 heteroatoms. The van der Waals surface area contributed by atoms with Gasteiger partial charge in [-0.15, -0.1) is 0 Å². The zero-order chi connectivity index (χ0) is 17.9. The number of hydrazine groups is 1. The summed E-state index contributed by atoms with van der Waals surface area (Å²) in [7, 11) is 0. The van der Waals surface area contributed by atoms with Crippen molar-refractivity contribution in [3.05, 3.63) is 35.9 Å². The predicted octanol–water partition coefficient (Wildman–Crippen LogP) is 1.33. The third-order valence-corrected chi connectivity index (χ3v) is 3.48. The van der Waals surface area contributed by atoms with Gasteiger partial charge in [-0.25, -0.2) is 10.6 Å². The van der Waals surface area contributed by atoms with Crippen molar-refractivity contribution in [3.8, 4) is 0 Å². The average Bonchev–Trinajstić information content (AvgIpc) is 2.83.